The van der Waals surface area contributed by atoms with E-state index in [9.17, 15) is 26.3 Å². The lowest BCUT2D eigenvalue weighted by molar-refractivity contribution is -0.143. The number of alkyl halides is 6. The lowest BCUT2D eigenvalue weighted by Crippen LogP contribution is -2.13. The monoisotopic (exact) mass is 397 g/mol. The van der Waals surface area contributed by atoms with Crippen molar-refractivity contribution in [3.05, 3.63) is 65.6 Å². The number of anilines is 2. The zero-order valence-electron chi connectivity index (χ0n) is 13.7. The molecule has 0 bridgehead atoms. The summed E-state index contributed by atoms with van der Waals surface area (Å²) in [5.74, 6) is 0.321. The van der Waals surface area contributed by atoms with Gasteiger partial charge in [0.05, 0.1) is 17.3 Å². The number of nitrogens with zero attached hydrogens (tertiary/aromatic N) is 4. The van der Waals surface area contributed by atoms with E-state index in [0.717, 1.165) is 0 Å². The van der Waals surface area contributed by atoms with Crippen molar-refractivity contribution in [2.75, 3.05) is 5.32 Å². The molecule has 0 spiro atoms. The minimum absolute atomic E-state index is 0.0382. The average Bonchev–Trinajstić information content (AvgIpc) is 3.09. The normalized spacial score (nSPS) is 11.9. The molecule has 3 aromatic rings. The first-order valence-electron chi connectivity index (χ1n) is 7.56. The Labute approximate surface area is 153 Å². The maximum Gasteiger partial charge on any atom is 0.435 e. The molecule has 0 aliphatic carbocycles. The van der Waals surface area contributed by atoms with Crippen LogP contribution in [-0.4, -0.2) is 14.8 Å². The van der Waals surface area contributed by atoms with E-state index in [1.54, 1.807) is 0 Å². The van der Waals surface area contributed by atoms with Crippen LogP contribution in [0.5, 0.6) is 0 Å². The maximum atomic E-state index is 13.1. The molecule has 0 amide bonds. The Morgan fingerprint density at radius 2 is 1.61 bits per heavy atom. The van der Waals surface area contributed by atoms with Crippen LogP contribution in [0.25, 0.3) is 5.69 Å². The van der Waals surface area contributed by atoms with Crippen molar-refractivity contribution < 1.29 is 26.3 Å². The number of rotatable bonds is 3. The van der Waals surface area contributed by atoms with Gasteiger partial charge in [-0.15, -0.1) is 0 Å². The van der Waals surface area contributed by atoms with Gasteiger partial charge in [-0.2, -0.15) is 36.7 Å². The highest BCUT2D eigenvalue weighted by Crippen LogP contribution is 2.36. The third kappa shape index (κ3) is 4.06. The minimum Gasteiger partial charge on any atom is -0.340 e. The highest BCUT2D eigenvalue weighted by Gasteiger charge is 2.42. The van der Waals surface area contributed by atoms with Crippen LogP contribution < -0.4 is 5.32 Å². The van der Waals surface area contributed by atoms with Crippen molar-refractivity contribution in [3.8, 4) is 11.8 Å². The van der Waals surface area contributed by atoms with Crippen LogP contribution in [0.4, 0.5) is 37.8 Å². The molecule has 1 aromatic carbocycles. The zero-order valence-corrected chi connectivity index (χ0v) is 13.7. The molecule has 0 saturated heterocycles. The van der Waals surface area contributed by atoms with Crippen molar-refractivity contribution >= 4 is 11.5 Å². The number of halogens is 6. The van der Waals surface area contributed by atoms with Crippen molar-refractivity contribution in [2.24, 2.45) is 0 Å². The molecule has 0 unspecified atom stereocenters. The summed E-state index contributed by atoms with van der Waals surface area (Å²) >= 11 is 0. The van der Waals surface area contributed by atoms with E-state index >= 15 is 0 Å². The van der Waals surface area contributed by atoms with Gasteiger partial charge in [0.2, 0.25) is 0 Å². The molecule has 28 heavy (non-hydrogen) atoms. The molecule has 1 N–H and O–H groups in total. The predicted octanol–water partition coefficient (Wildman–Crippen LogP) is 4.92. The van der Waals surface area contributed by atoms with E-state index < -0.39 is 23.7 Å². The van der Waals surface area contributed by atoms with Crippen LogP contribution in [-0.2, 0) is 12.4 Å². The summed E-state index contributed by atoms with van der Waals surface area (Å²) in [6.07, 6.45) is -8.63. The predicted molar refractivity (Wildman–Crippen MR) is 85.8 cm³/mol. The number of nitrogens with one attached hydrogen (secondary N) is 1. The molecule has 0 atom stereocenters. The van der Waals surface area contributed by atoms with Gasteiger partial charge in [-0.3, -0.25) is 0 Å². The fourth-order valence-corrected chi connectivity index (χ4v) is 2.32. The van der Waals surface area contributed by atoms with E-state index in [2.05, 4.69) is 15.4 Å². The van der Waals surface area contributed by atoms with Crippen LogP contribution in [0, 0.1) is 11.3 Å². The quantitative estimate of drug-likeness (QED) is 0.637. The van der Waals surface area contributed by atoms with Gasteiger partial charge in [0.15, 0.2) is 5.69 Å². The van der Waals surface area contributed by atoms with Gasteiger partial charge >= 0.3 is 12.4 Å². The fourth-order valence-electron chi connectivity index (χ4n) is 2.32. The van der Waals surface area contributed by atoms with Gasteiger partial charge in [-0.25, -0.2) is 9.67 Å². The summed E-state index contributed by atoms with van der Waals surface area (Å²) in [4.78, 5) is 3.99. The number of aromatic nitrogens is 3. The van der Waals surface area contributed by atoms with Crippen LogP contribution in [0.3, 0.4) is 0 Å². The summed E-state index contributed by atoms with van der Waals surface area (Å²) in [6.45, 7) is 0. The van der Waals surface area contributed by atoms with E-state index in [-0.39, 0.29) is 16.4 Å². The summed E-state index contributed by atoms with van der Waals surface area (Å²) in [5, 5.41) is 14.7. The molecule has 2 heterocycles. The Balaban J connectivity index is 1.93. The van der Waals surface area contributed by atoms with E-state index in [0.29, 0.717) is 17.1 Å². The number of nitriles is 1. The number of pyridine rings is 1. The Hall–Kier alpha value is -3.55. The SMILES string of the molecule is N#Cc1ccnc(Nc2ccc(-n3nc(C(F)(F)F)cc3C(F)(F)F)cc2)c1. The molecule has 11 heteroatoms. The average molecular weight is 397 g/mol. The van der Waals surface area contributed by atoms with E-state index in [1.807, 2.05) is 6.07 Å². The van der Waals surface area contributed by atoms with Gasteiger partial charge in [0, 0.05) is 18.0 Å². The first-order chi connectivity index (χ1) is 13.1. The van der Waals surface area contributed by atoms with Crippen molar-refractivity contribution in [2.45, 2.75) is 12.4 Å². The van der Waals surface area contributed by atoms with Crippen molar-refractivity contribution in [3.63, 3.8) is 0 Å². The molecule has 5 nitrogen and oxygen atoms in total. The van der Waals surface area contributed by atoms with Crippen LogP contribution >= 0.6 is 0 Å². The molecule has 0 aliphatic rings. The summed E-state index contributed by atoms with van der Waals surface area (Å²) < 4.78 is 77.8. The standard InChI is InChI=1S/C17H9F6N5/c18-16(19,20)13-8-14(17(21,22)23)28(27-13)12-3-1-11(2-4-12)26-15-7-10(9-24)5-6-25-15/h1-8H,(H,25,26). The van der Waals surface area contributed by atoms with Gasteiger partial charge in [-0.05, 0) is 36.4 Å². The Kier molecular flexibility index (Phi) is 4.72. The highest BCUT2D eigenvalue weighted by atomic mass is 19.4. The first-order valence-corrected chi connectivity index (χ1v) is 7.56. The second-order valence-corrected chi connectivity index (χ2v) is 5.54. The van der Waals surface area contributed by atoms with E-state index in [4.69, 9.17) is 5.26 Å². The third-order valence-corrected chi connectivity index (χ3v) is 3.56. The molecule has 0 radical (unpaired) electrons. The summed E-state index contributed by atoms with van der Waals surface area (Å²) in [6, 6.07) is 9.90. The lowest BCUT2D eigenvalue weighted by atomic mass is 10.2. The zero-order chi connectivity index (χ0) is 20.5. The smallest absolute Gasteiger partial charge is 0.340 e. The molecule has 144 valence electrons. The second kappa shape index (κ2) is 6.88. The van der Waals surface area contributed by atoms with Crippen LogP contribution in [0.1, 0.15) is 17.0 Å². The second-order valence-electron chi connectivity index (χ2n) is 5.54. The Morgan fingerprint density at radius 3 is 2.18 bits per heavy atom. The largest absolute Gasteiger partial charge is 0.435 e. The van der Waals surface area contributed by atoms with Gasteiger partial charge in [0.1, 0.15) is 11.5 Å². The van der Waals surface area contributed by atoms with Gasteiger partial charge in [-0.1, -0.05) is 0 Å². The van der Waals surface area contributed by atoms with Crippen molar-refractivity contribution in [1.82, 2.24) is 14.8 Å². The minimum atomic E-state index is -5.02. The summed E-state index contributed by atoms with van der Waals surface area (Å²) in [5.41, 5.74) is -2.63. The summed E-state index contributed by atoms with van der Waals surface area (Å²) in [7, 11) is 0. The first kappa shape index (κ1) is 19.2. The Morgan fingerprint density at radius 1 is 0.929 bits per heavy atom. The lowest BCUT2D eigenvalue weighted by Gasteiger charge is -2.11. The van der Waals surface area contributed by atoms with E-state index in [1.165, 1.54) is 42.6 Å². The van der Waals surface area contributed by atoms with Crippen molar-refractivity contribution in [1.29, 1.82) is 5.26 Å². The maximum absolute atomic E-state index is 13.1. The van der Waals surface area contributed by atoms with Crippen LogP contribution in [0.15, 0.2) is 48.7 Å². The number of hydrogen-bond acceptors (Lipinski definition) is 4. The topological polar surface area (TPSA) is 66.5 Å². The molecule has 3 rings (SSSR count). The molecule has 0 fully saturated rings. The molecular formula is C17H9F6N5. The molecule has 2 aromatic heterocycles. The Bertz CT molecular complexity index is 1030. The fraction of sp³-hybridized carbons (Fsp3) is 0.118. The molecule has 0 saturated carbocycles. The van der Waals surface area contributed by atoms with Gasteiger partial charge in [0.25, 0.3) is 0 Å². The molecular weight excluding hydrogens is 388 g/mol. The third-order valence-electron chi connectivity index (χ3n) is 3.56. The molecule has 0 aliphatic heterocycles. The van der Waals surface area contributed by atoms with Gasteiger partial charge < -0.3 is 5.32 Å². The number of benzene rings is 1. The number of hydrogen-bond donors (Lipinski definition) is 1. The van der Waals surface area contributed by atoms with Crippen LogP contribution in [0.2, 0.25) is 0 Å². The highest BCUT2D eigenvalue weighted by molar-refractivity contribution is 5.59.